The van der Waals surface area contributed by atoms with Crippen LogP contribution in [-0.2, 0) is 0 Å². The van der Waals surface area contributed by atoms with E-state index in [2.05, 4.69) is 20.7 Å². The quantitative estimate of drug-likeness (QED) is 0.342. The summed E-state index contributed by atoms with van der Waals surface area (Å²) in [6, 6.07) is 26.0. The number of hydrogen-bond acceptors (Lipinski definition) is 5. The summed E-state index contributed by atoms with van der Waals surface area (Å²) in [5.74, 6) is 1.79. The van der Waals surface area contributed by atoms with E-state index in [9.17, 15) is 4.79 Å². The SMILES string of the molecule is COc1ccc(-c2cc(C(=O)NN=Cc3cccc(Oc4ccccc4)c3)[nH]n2)cc1. The smallest absolute Gasteiger partial charge is 0.289 e. The number of para-hydroxylation sites is 1. The van der Waals surface area contributed by atoms with Crippen molar-refractivity contribution in [3.63, 3.8) is 0 Å². The van der Waals surface area contributed by atoms with Gasteiger partial charge in [0.1, 0.15) is 22.9 Å². The molecule has 2 N–H and O–H groups in total. The van der Waals surface area contributed by atoms with Gasteiger partial charge in [-0.05, 0) is 60.2 Å². The van der Waals surface area contributed by atoms with Crippen molar-refractivity contribution in [1.29, 1.82) is 0 Å². The van der Waals surface area contributed by atoms with Crippen LogP contribution in [0.2, 0.25) is 0 Å². The molecule has 3 aromatic carbocycles. The molecule has 0 fully saturated rings. The lowest BCUT2D eigenvalue weighted by Gasteiger charge is -2.05. The normalized spacial score (nSPS) is 10.7. The average molecular weight is 412 g/mol. The Labute approximate surface area is 179 Å². The van der Waals surface area contributed by atoms with Crippen molar-refractivity contribution in [2.75, 3.05) is 7.11 Å². The molecule has 7 heteroatoms. The lowest BCUT2D eigenvalue weighted by molar-refractivity contribution is 0.0950. The molecule has 7 nitrogen and oxygen atoms in total. The highest BCUT2D eigenvalue weighted by atomic mass is 16.5. The van der Waals surface area contributed by atoms with Gasteiger partial charge in [-0.15, -0.1) is 0 Å². The number of ether oxygens (including phenoxy) is 2. The third-order valence-corrected chi connectivity index (χ3v) is 4.42. The lowest BCUT2D eigenvalue weighted by atomic mass is 10.1. The van der Waals surface area contributed by atoms with E-state index in [0.29, 0.717) is 17.1 Å². The fraction of sp³-hybridized carbons (Fsp3) is 0.0417. The monoisotopic (exact) mass is 412 g/mol. The number of nitrogens with zero attached hydrogens (tertiary/aromatic N) is 2. The maximum atomic E-state index is 12.3. The van der Waals surface area contributed by atoms with E-state index < -0.39 is 0 Å². The number of aromatic amines is 1. The van der Waals surface area contributed by atoms with Crippen LogP contribution >= 0.6 is 0 Å². The van der Waals surface area contributed by atoms with Crippen molar-refractivity contribution in [3.05, 3.63) is 96.2 Å². The second-order valence-electron chi connectivity index (χ2n) is 6.58. The van der Waals surface area contributed by atoms with Crippen LogP contribution in [0.4, 0.5) is 0 Å². The molecular weight excluding hydrogens is 392 g/mol. The zero-order valence-corrected chi connectivity index (χ0v) is 16.8. The number of benzene rings is 3. The van der Waals surface area contributed by atoms with Crippen molar-refractivity contribution in [2.45, 2.75) is 0 Å². The molecule has 0 aliphatic carbocycles. The summed E-state index contributed by atoms with van der Waals surface area (Å²) >= 11 is 0. The maximum Gasteiger partial charge on any atom is 0.289 e. The van der Waals surface area contributed by atoms with Gasteiger partial charge in [0.2, 0.25) is 0 Å². The highest BCUT2D eigenvalue weighted by Gasteiger charge is 2.10. The topological polar surface area (TPSA) is 88.6 Å². The van der Waals surface area contributed by atoms with Crippen molar-refractivity contribution >= 4 is 12.1 Å². The molecule has 0 spiro atoms. The Morgan fingerprint density at radius 2 is 1.71 bits per heavy atom. The number of carbonyl (C=O) groups excluding carboxylic acids is 1. The van der Waals surface area contributed by atoms with E-state index >= 15 is 0 Å². The summed E-state index contributed by atoms with van der Waals surface area (Å²) in [7, 11) is 1.61. The van der Waals surface area contributed by atoms with Gasteiger partial charge in [0.05, 0.1) is 19.0 Å². The Hall–Kier alpha value is -4.39. The van der Waals surface area contributed by atoms with E-state index in [4.69, 9.17) is 9.47 Å². The number of methoxy groups -OCH3 is 1. The highest BCUT2D eigenvalue weighted by molar-refractivity contribution is 5.94. The molecule has 0 unspecified atom stereocenters. The van der Waals surface area contributed by atoms with E-state index in [0.717, 1.165) is 22.6 Å². The zero-order chi connectivity index (χ0) is 21.5. The van der Waals surface area contributed by atoms with Gasteiger partial charge in [-0.3, -0.25) is 9.89 Å². The largest absolute Gasteiger partial charge is 0.497 e. The predicted octanol–water partition coefficient (Wildman–Crippen LogP) is 4.64. The summed E-state index contributed by atoms with van der Waals surface area (Å²) in [6.45, 7) is 0. The van der Waals surface area contributed by atoms with Gasteiger partial charge in [-0.25, -0.2) is 5.43 Å². The second-order valence-corrected chi connectivity index (χ2v) is 6.58. The van der Waals surface area contributed by atoms with Crippen molar-refractivity contribution < 1.29 is 14.3 Å². The minimum atomic E-state index is -0.389. The third-order valence-electron chi connectivity index (χ3n) is 4.42. The number of rotatable bonds is 7. The summed E-state index contributed by atoms with van der Waals surface area (Å²) in [4.78, 5) is 12.3. The molecule has 0 radical (unpaired) electrons. The van der Waals surface area contributed by atoms with Gasteiger partial charge in [-0.2, -0.15) is 10.2 Å². The molecule has 1 amide bonds. The van der Waals surface area contributed by atoms with E-state index in [1.54, 1.807) is 19.4 Å². The first-order valence-electron chi connectivity index (χ1n) is 9.57. The molecule has 154 valence electrons. The summed E-state index contributed by atoms with van der Waals surface area (Å²) < 4.78 is 11.0. The number of H-pyrrole nitrogens is 1. The fourth-order valence-electron chi connectivity index (χ4n) is 2.86. The van der Waals surface area contributed by atoms with Crippen LogP contribution in [0.15, 0.2) is 90.0 Å². The number of carbonyl (C=O) groups is 1. The maximum absolute atomic E-state index is 12.3. The molecule has 4 rings (SSSR count). The number of hydrogen-bond donors (Lipinski definition) is 2. The summed E-state index contributed by atoms with van der Waals surface area (Å²) in [5, 5.41) is 10.9. The van der Waals surface area contributed by atoms with Crippen molar-refractivity contribution in [3.8, 4) is 28.5 Å². The Morgan fingerprint density at radius 3 is 2.48 bits per heavy atom. The molecule has 4 aromatic rings. The Balaban J connectivity index is 1.37. The second kappa shape index (κ2) is 9.41. The number of hydrazone groups is 1. The molecular formula is C24H20N4O3. The average Bonchev–Trinajstić information content (AvgIpc) is 3.31. The minimum Gasteiger partial charge on any atom is -0.497 e. The molecule has 1 aromatic heterocycles. The first-order chi connectivity index (χ1) is 15.2. The van der Waals surface area contributed by atoms with Gasteiger partial charge in [0, 0.05) is 5.56 Å². The van der Waals surface area contributed by atoms with Crippen LogP contribution < -0.4 is 14.9 Å². The Bertz CT molecular complexity index is 1180. The fourth-order valence-corrected chi connectivity index (χ4v) is 2.86. The predicted molar refractivity (Wildman–Crippen MR) is 119 cm³/mol. The molecule has 0 saturated carbocycles. The van der Waals surface area contributed by atoms with Crippen molar-refractivity contribution in [2.24, 2.45) is 5.10 Å². The van der Waals surface area contributed by atoms with Gasteiger partial charge < -0.3 is 9.47 Å². The van der Waals surface area contributed by atoms with Crippen molar-refractivity contribution in [1.82, 2.24) is 15.6 Å². The lowest BCUT2D eigenvalue weighted by Crippen LogP contribution is -2.18. The third kappa shape index (κ3) is 5.16. The van der Waals surface area contributed by atoms with Crippen LogP contribution in [0.1, 0.15) is 16.1 Å². The zero-order valence-electron chi connectivity index (χ0n) is 16.8. The Kier molecular flexibility index (Phi) is 6.04. The van der Waals surface area contributed by atoms with E-state index in [1.165, 1.54) is 0 Å². The van der Waals surface area contributed by atoms with Crippen LogP contribution in [0.25, 0.3) is 11.3 Å². The van der Waals surface area contributed by atoms with Crippen LogP contribution in [0.5, 0.6) is 17.2 Å². The molecule has 0 saturated heterocycles. The summed E-state index contributed by atoms with van der Waals surface area (Å²) in [5.41, 5.74) is 5.12. The van der Waals surface area contributed by atoms with Gasteiger partial charge in [0.15, 0.2) is 0 Å². The van der Waals surface area contributed by atoms with Crippen LogP contribution in [0.3, 0.4) is 0 Å². The highest BCUT2D eigenvalue weighted by Crippen LogP contribution is 2.22. The number of nitrogens with one attached hydrogen (secondary N) is 2. The van der Waals surface area contributed by atoms with E-state index in [-0.39, 0.29) is 5.91 Å². The first kappa shape index (κ1) is 19.9. The van der Waals surface area contributed by atoms with Crippen LogP contribution in [0, 0.1) is 0 Å². The molecule has 0 atom stereocenters. The molecule has 31 heavy (non-hydrogen) atoms. The van der Waals surface area contributed by atoms with Gasteiger partial charge >= 0.3 is 0 Å². The van der Waals surface area contributed by atoms with Crippen LogP contribution in [-0.4, -0.2) is 29.4 Å². The standard InChI is InChI=1S/C24H20N4O3/c1-30-19-12-10-18(11-13-19)22-15-23(27-26-22)24(29)28-25-16-17-6-5-9-21(14-17)31-20-7-3-2-4-8-20/h2-16H,1H3,(H,26,27)(H,28,29). The van der Waals surface area contributed by atoms with Gasteiger partial charge in [-0.1, -0.05) is 30.3 Å². The molecule has 0 bridgehead atoms. The summed E-state index contributed by atoms with van der Waals surface area (Å²) in [6.07, 6.45) is 1.55. The molecule has 0 aliphatic heterocycles. The Morgan fingerprint density at radius 1 is 0.935 bits per heavy atom. The molecule has 1 heterocycles. The number of aromatic nitrogens is 2. The number of amides is 1. The van der Waals surface area contributed by atoms with Gasteiger partial charge in [0.25, 0.3) is 5.91 Å². The van der Waals surface area contributed by atoms with E-state index in [1.807, 2.05) is 78.9 Å². The first-order valence-corrected chi connectivity index (χ1v) is 9.57. The minimum absolute atomic E-state index is 0.309. The molecule has 0 aliphatic rings.